The molecule has 2 heterocycles. The van der Waals surface area contributed by atoms with Gasteiger partial charge in [0.15, 0.2) is 0 Å². The molecule has 10 heteroatoms. The van der Waals surface area contributed by atoms with Crippen LogP contribution in [0.2, 0.25) is 0 Å². The second kappa shape index (κ2) is 8.46. The van der Waals surface area contributed by atoms with Crippen LogP contribution in [0.25, 0.3) is 16.7 Å². The Morgan fingerprint density at radius 1 is 1.13 bits per heavy atom. The first kappa shape index (κ1) is 19.8. The number of tetrazole rings is 1. The summed E-state index contributed by atoms with van der Waals surface area (Å²) < 4.78 is 18.4. The van der Waals surface area contributed by atoms with Crippen molar-refractivity contribution in [3.05, 3.63) is 70.2 Å². The van der Waals surface area contributed by atoms with Crippen LogP contribution in [0.1, 0.15) is 33.4 Å². The van der Waals surface area contributed by atoms with Crippen molar-refractivity contribution in [1.82, 2.24) is 20.2 Å². The largest absolute Gasteiger partial charge is 0.460 e. The van der Waals surface area contributed by atoms with Crippen molar-refractivity contribution in [2.24, 2.45) is 0 Å². The van der Waals surface area contributed by atoms with E-state index in [1.54, 1.807) is 49.4 Å². The number of aromatic nitrogens is 4. The zero-order valence-electron chi connectivity index (χ0n) is 15.7. The molecule has 0 N–H and O–H groups in total. The SMILES string of the molecule is CCOC(=O)c1oc2ccc(Br)cc2c1COC(=O)c1cccc(-n2cnnn2)c1. The number of hydrogen-bond donors (Lipinski definition) is 0. The third-order valence-electron chi connectivity index (χ3n) is 4.26. The van der Waals surface area contributed by atoms with Gasteiger partial charge in [0, 0.05) is 9.86 Å². The van der Waals surface area contributed by atoms with Crippen molar-refractivity contribution in [3.8, 4) is 5.69 Å². The smallest absolute Gasteiger partial charge is 0.374 e. The molecule has 0 aliphatic carbocycles. The minimum atomic E-state index is -0.614. The summed E-state index contributed by atoms with van der Waals surface area (Å²) in [6.45, 7) is 1.74. The van der Waals surface area contributed by atoms with Gasteiger partial charge in [-0.05, 0) is 53.7 Å². The summed E-state index contributed by atoms with van der Waals surface area (Å²) in [6.07, 6.45) is 1.42. The average molecular weight is 471 g/mol. The van der Waals surface area contributed by atoms with Crippen LogP contribution in [-0.2, 0) is 16.1 Å². The fourth-order valence-electron chi connectivity index (χ4n) is 2.90. The van der Waals surface area contributed by atoms with Crippen LogP contribution in [0.4, 0.5) is 0 Å². The third kappa shape index (κ3) is 3.94. The predicted octanol–water partition coefficient (Wildman–Crippen LogP) is 3.70. The molecule has 0 spiro atoms. The van der Waals surface area contributed by atoms with Gasteiger partial charge in [-0.2, -0.15) is 0 Å². The van der Waals surface area contributed by atoms with Gasteiger partial charge in [0.2, 0.25) is 5.76 Å². The number of benzene rings is 2. The number of nitrogens with zero attached hydrogens (tertiary/aromatic N) is 4. The van der Waals surface area contributed by atoms with E-state index in [0.29, 0.717) is 27.8 Å². The highest BCUT2D eigenvalue weighted by Crippen LogP contribution is 2.30. The van der Waals surface area contributed by atoms with Crippen LogP contribution in [-0.4, -0.2) is 38.8 Å². The first-order chi connectivity index (χ1) is 14.6. The Kier molecular flexibility index (Phi) is 5.57. The second-order valence-corrected chi connectivity index (χ2v) is 7.07. The van der Waals surface area contributed by atoms with Gasteiger partial charge in [0.05, 0.1) is 23.4 Å². The Labute approximate surface area is 178 Å². The van der Waals surface area contributed by atoms with E-state index in [4.69, 9.17) is 13.9 Å². The molecule has 0 radical (unpaired) electrons. The molecule has 0 saturated carbocycles. The first-order valence-electron chi connectivity index (χ1n) is 8.95. The van der Waals surface area contributed by atoms with Crippen molar-refractivity contribution in [1.29, 1.82) is 0 Å². The quantitative estimate of drug-likeness (QED) is 0.392. The minimum Gasteiger partial charge on any atom is -0.460 e. The monoisotopic (exact) mass is 470 g/mol. The molecule has 30 heavy (non-hydrogen) atoms. The van der Waals surface area contributed by atoms with Crippen molar-refractivity contribution in [2.45, 2.75) is 13.5 Å². The van der Waals surface area contributed by atoms with Gasteiger partial charge >= 0.3 is 11.9 Å². The summed E-state index contributed by atoms with van der Waals surface area (Å²) in [4.78, 5) is 25.0. The fourth-order valence-corrected chi connectivity index (χ4v) is 3.26. The van der Waals surface area contributed by atoms with E-state index in [9.17, 15) is 9.59 Å². The lowest BCUT2D eigenvalue weighted by Crippen LogP contribution is -2.10. The molecule has 9 nitrogen and oxygen atoms in total. The summed E-state index contributed by atoms with van der Waals surface area (Å²) >= 11 is 3.40. The molecular weight excluding hydrogens is 456 g/mol. The maximum absolute atomic E-state index is 12.6. The zero-order valence-corrected chi connectivity index (χ0v) is 17.3. The van der Waals surface area contributed by atoms with Crippen LogP contribution < -0.4 is 0 Å². The molecule has 0 saturated heterocycles. The average Bonchev–Trinajstić information content (AvgIpc) is 3.40. The molecule has 0 aliphatic rings. The van der Waals surface area contributed by atoms with E-state index in [2.05, 4.69) is 31.5 Å². The number of halogens is 1. The van der Waals surface area contributed by atoms with Crippen molar-refractivity contribution < 1.29 is 23.5 Å². The molecule has 0 aliphatic heterocycles. The van der Waals surface area contributed by atoms with Crippen LogP contribution in [0.15, 0.2) is 57.7 Å². The Hall–Kier alpha value is -3.53. The third-order valence-corrected chi connectivity index (χ3v) is 4.75. The predicted molar refractivity (Wildman–Crippen MR) is 108 cm³/mol. The van der Waals surface area contributed by atoms with Crippen molar-refractivity contribution in [3.63, 3.8) is 0 Å². The lowest BCUT2D eigenvalue weighted by molar-refractivity contribution is 0.0435. The van der Waals surface area contributed by atoms with Crippen LogP contribution in [0.5, 0.6) is 0 Å². The molecule has 2 aromatic heterocycles. The highest BCUT2D eigenvalue weighted by Gasteiger charge is 2.23. The lowest BCUT2D eigenvalue weighted by atomic mass is 10.1. The number of furan rings is 1. The normalized spacial score (nSPS) is 10.9. The van der Waals surface area contributed by atoms with Gasteiger partial charge in [-0.15, -0.1) is 5.10 Å². The molecule has 0 atom stereocenters. The van der Waals surface area contributed by atoms with Crippen molar-refractivity contribution in [2.75, 3.05) is 6.61 Å². The van der Waals surface area contributed by atoms with E-state index in [-0.39, 0.29) is 19.0 Å². The molecule has 0 amide bonds. The Bertz CT molecular complexity index is 1220. The van der Waals surface area contributed by atoms with Crippen LogP contribution in [0, 0.1) is 0 Å². The Balaban J connectivity index is 1.61. The molecule has 0 bridgehead atoms. The van der Waals surface area contributed by atoms with Gasteiger partial charge in [-0.1, -0.05) is 22.0 Å². The van der Waals surface area contributed by atoms with Gasteiger partial charge in [-0.3, -0.25) is 0 Å². The maximum atomic E-state index is 12.6. The van der Waals surface area contributed by atoms with Gasteiger partial charge in [0.1, 0.15) is 18.5 Å². The van der Waals surface area contributed by atoms with E-state index < -0.39 is 11.9 Å². The highest BCUT2D eigenvalue weighted by molar-refractivity contribution is 9.10. The number of fused-ring (bicyclic) bond motifs is 1. The summed E-state index contributed by atoms with van der Waals surface area (Å²) in [5.41, 5.74) is 1.86. The summed E-state index contributed by atoms with van der Waals surface area (Å²) in [5, 5.41) is 11.6. The number of rotatable bonds is 6. The number of hydrogen-bond acceptors (Lipinski definition) is 8. The summed E-state index contributed by atoms with van der Waals surface area (Å²) in [5.74, 6) is -1.17. The molecule has 2 aromatic carbocycles. The molecule has 0 unspecified atom stereocenters. The van der Waals surface area contributed by atoms with E-state index >= 15 is 0 Å². The van der Waals surface area contributed by atoms with Gasteiger partial charge in [-0.25, -0.2) is 14.3 Å². The van der Waals surface area contributed by atoms with Crippen LogP contribution >= 0.6 is 15.9 Å². The lowest BCUT2D eigenvalue weighted by Gasteiger charge is -2.07. The van der Waals surface area contributed by atoms with E-state index in [1.165, 1.54) is 11.0 Å². The number of ether oxygens (including phenoxy) is 2. The van der Waals surface area contributed by atoms with Gasteiger partial charge < -0.3 is 13.9 Å². The number of carbonyl (C=O) groups is 2. The standard InChI is InChI=1S/C20H15BrN4O5/c1-2-28-20(27)18-16(15-9-13(21)6-7-17(15)30-18)10-29-19(26)12-4-3-5-14(8-12)25-11-22-23-24-25/h3-9,11H,2,10H2,1H3. The van der Waals surface area contributed by atoms with Crippen molar-refractivity contribution >= 4 is 38.8 Å². The summed E-state index contributed by atoms with van der Waals surface area (Å²) in [7, 11) is 0. The van der Waals surface area contributed by atoms with E-state index in [1.807, 2.05) is 0 Å². The summed E-state index contributed by atoms with van der Waals surface area (Å²) in [6, 6.07) is 12.0. The van der Waals surface area contributed by atoms with Crippen LogP contribution in [0.3, 0.4) is 0 Å². The number of esters is 2. The van der Waals surface area contributed by atoms with E-state index in [0.717, 1.165) is 4.47 Å². The number of carbonyl (C=O) groups excluding carboxylic acids is 2. The molecule has 0 fully saturated rings. The molecule has 152 valence electrons. The maximum Gasteiger partial charge on any atom is 0.374 e. The molecule has 4 aromatic rings. The van der Waals surface area contributed by atoms with Gasteiger partial charge in [0.25, 0.3) is 0 Å². The highest BCUT2D eigenvalue weighted by atomic mass is 79.9. The first-order valence-corrected chi connectivity index (χ1v) is 9.74. The topological polar surface area (TPSA) is 109 Å². The Morgan fingerprint density at radius 3 is 2.77 bits per heavy atom. The molecular formula is C20H15BrN4O5. The fraction of sp³-hybridized carbons (Fsp3) is 0.150. The second-order valence-electron chi connectivity index (χ2n) is 6.15. The minimum absolute atomic E-state index is 0.0141. The molecule has 4 rings (SSSR count). The Morgan fingerprint density at radius 2 is 2.00 bits per heavy atom. The zero-order chi connectivity index (χ0) is 21.1.